The van der Waals surface area contributed by atoms with Gasteiger partial charge in [0.05, 0.1) is 13.2 Å². The highest BCUT2D eigenvalue weighted by Crippen LogP contribution is 2.16. The SMILES string of the molecule is C[C@@H]1COCCN1C1CCCNC1.Cl. The average molecular weight is 221 g/mol. The molecule has 1 unspecified atom stereocenters. The molecule has 0 aromatic carbocycles. The molecule has 2 atom stereocenters. The van der Waals surface area contributed by atoms with Crippen molar-refractivity contribution in [1.82, 2.24) is 10.2 Å². The molecule has 0 aromatic heterocycles. The summed E-state index contributed by atoms with van der Waals surface area (Å²) >= 11 is 0. The molecule has 2 rings (SSSR count). The quantitative estimate of drug-likeness (QED) is 0.710. The molecule has 14 heavy (non-hydrogen) atoms. The number of nitrogens with one attached hydrogen (secondary N) is 1. The Morgan fingerprint density at radius 2 is 2.29 bits per heavy atom. The Morgan fingerprint density at radius 3 is 2.93 bits per heavy atom. The van der Waals surface area contributed by atoms with Crippen LogP contribution in [0.25, 0.3) is 0 Å². The molecule has 0 spiro atoms. The van der Waals surface area contributed by atoms with Gasteiger partial charge in [-0.1, -0.05) is 0 Å². The molecular weight excluding hydrogens is 200 g/mol. The van der Waals surface area contributed by atoms with E-state index in [1.807, 2.05) is 0 Å². The summed E-state index contributed by atoms with van der Waals surface area (Å²) in [5.74, 6) is 0. The van der Waals surface area contributed by atoms with E-state index < -0.39 is 0 Å². The predicted molar refractivity (Wildman–Crippen MR) is 60.1 cm³/mol. The molecular formula is C10H21ClN2O. The molecule has 0 aliphatic carbocycles. The lowest BCUT2D eigenvalue weighted by molar-refractivity contribution is -0.0262. The lowest BCUT2D eigenvalue weighted by Gasteiger charge is -2.41. The lowest BCUT2D eigenvalue weighted by atomic mass is 10.0. The Kier molecular flexibility index (Phi) is 5.17. The molecule has 0 amide bonds. The number of piperidine rings is 1. The van der Waals surface area contributed by atoms with Crippen molar-refractivity contribution in [1.29, 1.82) is 0 Å². The third kappa shape index (κ3) is 2.83. The molecule has 2 aliphatic heterocycles. The Hall–Kier alpha value is 0.170. The normalized spacial score (nSPS) is 34.9. The first-order chi connectivity index (χ1) is 6.38. The van der Waals surface area contributed by atoms with Gasteiger partial charge in [0, 0.05) is 25.2 Å². The third-order valence-electron chi connectivity index (χ3n) is 3.16. The Balaban J connectivity index is 0.000000980. The van der Waals surface area contributed by atoms with Crippen molar-refractivity contribution >= 4 is 12.4 Å². The molecule has 1 N–H and O–H groups in total. The summed E-state index contributed by atoms with van der Waals surface area (Å²) in [6.45, 7) is 7.60. The fraction of sp³-hybridized carbons (Fsp3) is 1.00. The van der Waals surface area contributed by atoms with E-state index in [2.05, 4.69) is 17.1 Å². The van der Waals surface area contributed by atoms with Gasteiger partial charge >= 0.3 is 0 Å². The first-order valence-electron chi connectivity index (χ1n) is 5.42. The van der Waals surface area contributed by atoms with Crippen LogP contribution >= 0.6 is 12.4 Å². The van der Waals surface area contributed by atoms with Gasteiger partial charge in [-0.2, -0.15) is 0 Å². The van der Waals surface area contributed by atoms with Crippen LogP contribution in [0.3, 0.4) is 0 Å². The largest absolute Gasteiger partial charge is 0.379 e. The van der Waals surface area contributed by atoms with Crippen LogP contribution in [0.4, 0.5) is 0 Å². The smallest absolute Gasteiger partial charge is 0.0619 e. The fourth-order valence-corrected chi connectivity index (χ4v) is 2.40. The van der Waals surface area contributed by atoms with E-state index in [4.69, 9.17) is 4.74 Å². The number of nitrogens with zero attached hydrogens (tertiary/aromatic N) is 1. The summed E-state index contributed by atoms with van der Waals surface area (Å²) in [4.78, 5) is 2.61. The number of morpholine rings is 1. The average Bonchev–Trinajstić information content (AvgIpc) is 2.20. The molecule has 0 saturated carbocycles. The first-order valence-corrected chi connectivity index (χ1v) is 5.42. The van der Waals surface area contributed by atoms with E-state index in [1.54, 1.807) is 0 Å². The van der Waals surface area contributed by atoms with Crippen LogP contribution in [0.1, 0.15) is 19.8 Å². The fourth-order valence-electron chi connectivity index (χ4n) is 2.40. The van der Waals surface area contributed by atoms with Crippen molar-refractivity contribution in [3.05, 3.63) is 0 Å². The maximum Gasteiger partial charge on any atom is 0.0619 e. The first kappa shape index (κ1) is 12.2. The summed E-state index contributed by atoms with van der Waals surface area (Å²) in [6, 6.07) is 1.37. The van der Waals surface area contributed by atoms with Crippen molar-refractivity contribution in [2.45, 2.75) is 31.8 Å². The molecule has 84 valence electrons. The maximum absolute atomic E-state index is 5.44. The molecule has 2 fully saturated rings. The molecule has 0 radical (unpaired) electrons. The highest BCUT2D eigenvalue weighted by atomic mass is 35.5. The number of halogens is 1. The zero-order chi connectivity index (χ0) is 9.10. The second-order valence-corrected chi connectivity index (χ2v) is 4.16. The van der Waals surface area contributed by atoms with Crippen LogP contribution in [-0.2, 0) is 4.74 Å². The van der Waals surface area contributed by atoms with Crippen molar-refractivity contribution in [2.24, 2.45) is 0 Å². The van der Waals surface area contributed by atoms with Crippen LogP contribution < -0.4 is 5.32 Å². The monoisotopic (exact) mass is 220 g/mol. The standard InChI is InChI=1S/C10H20N2O.ClH/c1-9-8-13-6-5-12(9)10-3-2-4-11-7-10;/h9-11H,2-8H2,1H3;1H/t9-,10?;/m1./s1. The molecule has 2 saturated heterocycles. The van der Waals surface area contributed by atoms with E-state index in [1.165, 1.54) is 25.9 Å². The van der Waals surface area contributed by atoms with Crippen LogP contribution in [0, 0.1) is 0 Å². The minimum atomic E-state index is 0. The minimum Gasteiger partial charge on any atom is -0.379 e. The van der Waals surface area contributed by atoms with Crippen molar-refractivity contribution in [2.75, 3.05) is 32.8 Å². The van der Waals surface area contributed by atoms with Crippen molar-refractivity contribution in [3.63, 3.8) is 0 Å². The molecule has 0 aromatic rings. The van der Waals surface area contributed by atoms with Crippen LogP contribution in [0.2, 0.25) is 0 Å². The Bertz CT molecular complexity index is 162. The lowest BCUT2D eigenvalue weighted by Crippen LogP contribution is -2.54. The second-order valence-electron chi connectivity index (χ2n) is 4.16. The number of hydrogen-bond acceptors (Lipinski definition) is 3. The predicted octanol–water partition coefficient (Wildman–Crippen LogP) is 0.881. The minimum absolute atomic E-state index is 0. The third-order valence-corrected chi connectivity index (χ3v) is 3.16. The maximum atomic E-state index is 5.44. The van der Waals surface area contributed by atoms with E-state index in [-0.39, 0.29) is 12.4 Å². The highest BCUT2D eigenvalue weighted by Gasteiger charge is 2.27. The Labute approximate surface area is 92.6 Å². The second kappa shape index (κ2) is 5.91. The number of rotatable bonds is 1. The van der Waals surface area contributed by atoms with Gasteiger partial charge < -0.3 is 10.1 Å². The summed E-state index contributed by atoms with van der Waals surface area (Å²) in [6.07, 6.45) is 2.69. The molecule has 0 bridgehead atoms. The van der Waals surface area contributed by atoms with Crippen LogP contribution in [0.15, 0.2) is 0 Å². The van der Waals surface area contributed by atoms with Gasteiger partial charge in [0.15, 0.2) is 0 Å². The molecule has 2 heterocycles. The van der Waals surface area contributed by atoms with Gasteiger partial charge in [-0.3, -0.25) is 4.90 Å². The van der Waals surface area contributed by atoms with Crippen molar-refractivity contribution in [3.8, 4) is 0 Å². The number of ether oxygens (including phenoxy) is 1. The molecule has 2 aliphatic rings. The zero-order valence-electron chi connectivity index (χ0n) is 8.87. The zero-order valence-corrected chi connectivity index (χ0v) is 9.68. The highest BCUT2D eigenvalue weighted by molar-refractivity contribution is 5.85. The van der Waals surface area contributed by atoms with Gasteiger partial charge in [-0.15, -0.1) is 12.4 Å². The summed E-state index contributed by atoms with van der Waals surface area (Å²) in [7, 11) is 0. The van der Waals surface area contributed by atoms with Crippen LogP contribution in [-0.4, -0.2) is 49.8 Å². The van der Waals surface area contributed by atoms with Gasteiger partial charge in [0.1, 0.15) is 0 Å². The topological polar surface area (TPSA) is 24.5 Å². The van der Waals surface area contributed by atoms with Gasteiger partial charge in [0.25, 0.3) is 0 Å². The van der Waals surface area contributed by atoms with E-state index in [0.717, 1.165) is 25.8 Å². The van der Waals surface area contributed by atoms with Crippen LogP contribution in [0.5, 0.6) is 0 Å². The molecule has 3 nitrogen and oxygen atoms in total. The van der Waals surface area contributed by atoms with Crippen molar-refractivity contribution < 1.29 is 4.74 Å². The summed E-state index contributed by atoms with van der Waals surface area (Å²) in [5, 5.41) is 3.47. The Morgan fingerprint density at radius 1 is 1.43 bits per heavy atom. The summed E-state index contributed by atoms with van der Waals surface area (Å²) < 4.78 is 5.44. The van der Waals surface area contributed by atoms with Gasteiger partial charge in [-0.25, -0.2) is 0 Å². The number of hydrogen-bond donors (Lipinski definition) is 1. The van der Waals surface area contributed by atoms with Gasteiger partial charge in [0.2, 0.25) is 0 Å². The van der Waals surface area contributed by atoms with Gasteiger partial charge in [-0.05, 0) is 26.3 Å². The van der Waals surface area contributed by atoms with E-state index in [9.17, 15) is 0 Å². The summed E-state index contributed by atoms with van der Waals surface area (Å²) in [5.41, 5.74) is 0. The van der Waals surface area contributed by atoms with E-state index >= 15 is 0 Å². The molecule has 4 heteroatoms. The van der Waals surface area contributed by atoms with E-state index in [0.29, 0.717) is 6.04 Å².